The van der Waals surface area contributed by atoms with E-state index in [1.807, 2.05) is 18.2 Å². The lowest BCUT2D eigenvalue weighted by atomic mass is 9.92. The molecular formula is C17H23N3O2. The Morgan fingerprint density at radius 2 is 2.23 bits per heavy atom. The van der Waals surface area contributed by atoms with Crippen LogP contribution in [0.2, 0.25) is 0 Å². The number of anilines is 2. The van der Waals surface area contributed by atoms with Crippen molar-refractivity contribution in [3.8, 4) is 5.75 Å². The maximum atomic E-state index is 12.5. The molecule has 1 atom stereocenters. The number of hydrogen-bond acceptors (Lipinski definition) is 4. The van der Waals surface area contributed by atoms with E-state index in [4.69, 9.17) is 4.74 Å². The average molecular weight is 301 g/mol. The summed E-state index contributed by atoms with van der Waals surface area (Å²) >= 11 is 0. The summed E-state index contributed by atoms with van der Waals surface area (Å²) in [6.45, 7) is 3.69. The maximum Gasteiger partial charge on any atom is 0.228 e. The van der Waals surface area contributed by atoms with Crippen molar-refractivity contribution in [2.45, 2.75) is 19.3 Å². The van der Waals surface area contributed by atoms with E-state index in [0.29, 0.717) is 6.61 Å². The first-order valence-corrected chi connectivity index (χ1v) is 8.18. The molecule has 118 valence electrons. The predicted molar refractivity (Wildman–Crippen MR) is 86.5 cm³/mol. The van der Waals surface area contributed by atoms with Crippen LogP contribution in [0.1, 0.15) is 19.3 Å². The third-order valence-electron chi connectivity index (χ3n) is 5.43. The second-order valence-corrected chi connectivity index (χ2v) is 6.81. The third-order valence-corrected chi connectivity index (χ3v) is 5.43. The van der Waals surface area contributed by atoms with Crippen molar-refractivity contribution in [3.63, 3.8) is 0 Å². The first-order chi connectivity index (χ1) is 10.7. The quantitative estimate of drug-likeness (QED) is 0.875. The van der Waals surface area contributed by atoms with E-state index in [0.717, 1.165) is 56.0 Å². The molecule has 0 radical (unpaired) electrons. The summed E-state index contributed by atoms with van der Waals surface area (Å²) in [5.74, 6) is 1.27. The van der Waals surface area contributed by atoms with Crippen molar-refractivity contribution in [1.29, 1.82) is 0 Å². The van der Waals surface area contributed by atoms with Crippen molar-refractivity contribution >= 4 is 17.3 Å². The van der Waals surface area contributed by atoms with Crippen LogP contribution in [0.5, 0.6) is 5.75 Å². The summed E-state index contributed by atoms with van der Waals surface area (Å²) in [5.41, 5.74) is 2.21. The van der Waals surface area contributed by atoms with E-state index in [-0.39, 0.29) is 17.2 Å². The Labute approximate surface area is 131 Å². The Kier molecular flexibility index (Phi) is 3.26. The molecule has 2 N–H and O–H groups in total. The van der Waals surface area contributed by atoms with Gasteiger partial charge >= 0.3 is 0 Å². The number of amides is 1. The molecule has 5 nitrogen and oxygen atoms in total. The second kappa shape index (κ2) is 5.16. The monoisotopic (exact) mass is 301 g/mol. The molecule has 1 aromatic carbocycles. The summed E-state index contributed by atoms with van der Waals surface area (Å²) in [6, 6.07) is 5.91. The lowest BCUT2D eigenvalue weighted by Crippen LogP contribution is -2.31. The topological polar surface area (TPSA) is 53.6 Å². The number of likely N-dealkylation sites (N-methyl/N-ethyl adjacent to an activating group) is 1. The highest BCUT2D eigenvalue weighted by Gasteiger charge is 2.57. The van der Waals surface area contributed by atoms with Gasteiger partial charge in [-0.25, -0.2) is 0 Å². The summed E-state index contributed by atoms with van der Waals surface area (Å²) in [7, 11) is 2.05. The molecule has 5 heteroatoms. The van der Waals surface area contributed by atoms with Crippen LogP contribution in [0.15, 0.2) is 18.2 Å². The number of benzene rings is 1. The van der Waals surface area contributed by atoms with Crippen molar-refractivity contribution < 1.29 is 9.53 Å². The number of hydrogen-bond donors (Lipinski definition) is 2. The smallest absolute Gasteiger partial charge is 0.228 e. The van der Waals surface area contributed by atoms with Crippen molar-refractivity contribution in [2.24, 2.45) is 11.3 Å². The molecule has 1 unspecified atom stereocenters. The highest BCUT2D eigenvalue weighted by atomic mass is 16.5. The van der Waals surface area contributed by atoms with Crippen LogP contribution in [-0.4, -0.2) is 39.2 Å². The Balaban J connectivity index is 1.45. The molecule has 22 heavy (non-hydrogen) atoms. The Morgan fingerprint density at radius 3 is 3.05 bits per heavy atom. The zero-order valence-electron chi connectivity index (χ0n) is 13.0. The molecule has 1 amide bonds. The molecule has 0 bridgehead atoms. The number of piperidine rings is 1. The molecule has 2 fully saturated rings. The molecule has 1 aromatic rings. The summed E-state index contributed by atoms with van der Waals surface area (Å²) in [5, 5.41) is 6.48. The van der Waals surface area contributed by atoms with Gasteiger partial charge in [0.05, 0.1) is 12.2 Å². The number of nitrogens with zero attached hydrogens (tertiary/aromatic N) is 1. The Morgan fingerprint density at radius 1 is 1.41 bits per heavy atom. The van der Waals surface area contributed by atoms with E-state index < -0.39 is 0 Å². The van der Waals surface area contributed by atoms with Gasteiger partial charge in [-0.05, 0) is 56.0 Å². The lowest BCUT2D eigenvalue weighted by molar-refractivity contribution is -0.118. The van der Waals surface area contributed by atoms with Crippen LogP contribution < -0.4 is 20.3 Å². The fourth-order valence-electron chi connectivity index (χ4n) is 3.85. The minimum Gasteiger partial charge on any atom is -0.490 e. The number of fused-ring (bicyclic) bond motifs is 1. The molecule has 1 spiro atoms. The average Bonchev–Trinajstić information content (AvgIpc) is 3.22. The van der Waals surface area contributed by atoms with Gasteiger partial charge in [0.15, 0.2) is 0 Å². The van der Waals surface area contributed by atoms with Gasteiger partial charge in [0.25, 0.3) is 0 Å². The van der Waals surface area contributed by atoms with E-state index in [1.165, 1.54) is 0 Å². The summed E-state index contributed by atoms with van der Waals surface area (Å²) < 4.78 is 5.64. The van der Waals surface area contributed by atoms with E-state index in [9.17, 15) is 4.79 Å². The highest BCUT2D eigenvalue weighted by Crippen LogP contribution is 2.58. The van der Waals surface area contributed by atoms with Crippen LogP contribution in [-0.2, 0) is 4.79 Å². The molecule has 1 saturated heterocycles. The van der Waals surface area contributed by atoms with Crippen LogP contribution in [0.25, 0.3) is 0 Å². The standard InChI is InChI=1S/C17H23N3O2/c1-20-8-9-22-15-3-2-12(10-14(15)20)19-16(21)13-11-17(13)4-6-18-7-5-17/h2-3,10,13,18H,4-9,11H2,1H3,(H,19,21). The van der Waals surface area contributed by atoms with Crippen molar-refractivity contribution in [1.82, 2.24) is 5.32 Å². The number of rotatable bonds is 2. The second-order valence-electron chi connectivity index (χ2n) is 6.81. The van der Waals surface area contributed by atoms with Crippen LogP contribution in [0.4, 0.5) is 11.4 Å². The van der Waals surface area contributed by atoms with Gasteiger partial charge in [-0.2, -0.15) is 0 Å². The first kappa shape index (κ1) is 13.9. The predicted octanol–water partition coefficient (Wildman–Crippen LogP) is 1.84. The van der Waals surface area contributed by atoms with Gasteiger partial charge in [0.1, 0.15) is 12.4 Å². The van der Waals surface area contributed by atoms with Crippen LogP contribution in [0.3, 0.4) is 0 Å². The summed E-state index contributed by atoms with van der Waals surface area (Å²) in [6.07, 6.45) is 3.31. The van der Waals surface area contributed by atoms with Gasteiger partial charge in [-0.15, -0.1) is 0 Å². The van der Waals surface area contributed by atoms with Gasteiger partial charge in [0.2, 0.25) is 5.91 Å². The molecule has 2 aliphatic heterocycles. The fourth-order valence-corrected chi connectivity index (χ4v) is 3.85. The van der Waals surface area contributed by atoms with Gasteiger partial charge < -0.3 is 20.3 Å². The summed E-state index contributed by atoms with van der Waals surface area (Å²) in [4.78, 5) is 14.7. The minimum absolute atomic E-state index is 0.182. The molecular weight excluding hydrogens is 278 g/mol. The highest BCUT2D eigenvalue weighted by molar-refractivity contribution is 5.95. The van der Waals surface area contributed by atoms with Crippen LogP contribution in [0, 0.1) is 11.3 Å². The minimum atomic E-state index is 0.182. The van der Waals surface area contributed by atoms with Crippen LogP contribution >= 0.6 is 0 Å². The van der Waals surface area contributed by atoms with E-state index in [1.54, 1.807) is 0 Å². The number of ether oxygens (including phenoxy) is 1. The number of nitrogens with one attached hydrogen (secondary N) is 2. The largest absolute Gasteiger partial charge is 0.490 e. The van der Waals surface area contributed by atoms with E-state index >= 15 is 0 Å². The Hall–Kier alpha value is -1.75. The SMILES string of the molecule is CN1CCOc2ccc(NC(=O)C3CC34CCNCC4)cc21. The third kappa shape index (κ3) is 2.33. The molecule has 2 heterocycles. The first-order valence-electron chi connectivity index (χ1n) is 8.18. The molecule has 0 aromatic heterocycles. The molecule has 1 aliphatic carbocycles. The van der Waals surface area contributed by atoms with E-state index in [2.05, 4.69) is 22.6 Å². The number of carbonyl (C=O) groups excluding carboxylic acids is 1. The molecule has 3 aliphatic rings. The zero-order valence-corrected chi connectivity index (χ0v) is 13.0. The van der Waals surface area contributed by atoms with Gasteiger partial charge in [-0.3, -0.25) is 4.79 Å². The maximum absolute atomic E-state index is 12.5. The van der Waals surface area contributed by atoms with Crippen molar-refractivity contribution in [2.75, 3.05) is 43.5 Å². The lowest BCUT2D eigenvalue weighted by Gasteiger charge is -2.28. The molecule has 4 rings (SSSR count). The van der Waals surface area contributed by atoms with Gasteiger partial charge in [-0.1, -0.05) is 0 Å². The Bertz CT molecular complexity index is 596. The van der Waals surface area contributed by atoms with Crippen molar-refractivity contribution in [3.05, 3.63) is 18.2 Å². The fraction of sp³-hybridized carbons (Fsp3) is 0.588. The number of carbonyl (C=O) groups is 1. The molecule has 1 saturated carbocycles. The zero-order chi connectivity index (χ0) is 15.2. The normalized spacial score (nSPS) is 25.3. The van der Waals surface area contributed by atoms with Gasteiger partial charge in [0, 0.05) is 18.7 Å².